The van der Waals surface area contributed by atoms with E-state index in [1.807, 2.05) is 0 Å². The minimum Gasteiger partial charge on any atom is -0.208 e. The van der Waals surface area contributed by atoms with E-state index in [0.717, 1.165) is 46.5 Å². The number of hydrogen-bond donors (Lipinski definition) is 0. The summed E-state index contributed by atoms with van der Waals surface area (Å²) in [4.78, 5) is 15.4. The lowest BCUT2D eigenvalue weighted by molar-refractivity contribution is 0.911. The number of nitrogens with zero attached hydrogens (tertiary/aromatic N) is 3. The molecule has 4 heteroatoms. The number of aryl methyl sites for hydroxylation is 1. The summed E-state index contributed by atoms with van der Waals surface area (Å²) in [7, 11) is -1.45. The molecule has 55 heavy (non-hydrogen) atoms. The highest BCUT2D eigenvalue weighted by molar-refractivity contribution is 6.88. The molecule has 0 saturated heterocycles. The van der Waals surface area contributed by atoms with E-state index in [0.29, 0.717) is 11.6 Å². The van der Waals surface area contributed by atoms with E-state index in [4.69, 9.17) is 15.0 Å². The van der Waals surface area contributed by atoms with E-state index >= 15 is 0 Å². The second-order valence-corrected chi connectivity index (χ2v) is 20.7. The molecule has 0 unspecified atom stereocenters. The van der Waals surface area contributed by atoms with Crippen LogP contribution < -0.4 is 5.19 Å². The van der Waals surface area contributed by atoms with E-state index in [-0.39, 0.29) is 0 Å². The monoisotopic (exact) mass is 725 g/mol. The molecule has 0 fully saturated rings. The largest absolute Gasteiger partial charge is 0.208 e. The number of benzene rings is 7. The number of aromatic nitrogens is 3. The van der Waals surface area contributed by atoms with Gasteiger partial charge in [0.2, 0.25) is 0 Å². The van der Waals surface area contributed by atoms with Gasteiger partial charge in [-0.3, -0.25) is 0 Å². The van der Waals surface area contributed by atoms with Gasteiger partial charge in [0.15, 0.2) is 17.5 Å². The molecule has 9 rings (SSSR count). The molecule has 1 aromatic heterocycles. The molecule has 0 aliphatic heterocycles. The average Bonchev–Trinajstić information content (AvgIpc) is 3.73. The van der Waals surface area contributed by atoms with Crippen LogP contribution in [0, 0.1) is 0 Å². The fourth-order valence-electron chi connectivity index (χ4n) is 7.78. The molecule has 0 saturated carbocycles. The summed E-state index contributed by atoms with van der Waals surface area (Å²) in [5, 5.41) is 1.42. The lowest BCUT2D eigenvalue weighted by atomic mass is 9.95. The summed E-state index contributed by atoms with van der Waals surface area (Å²) in [5.41, 5.74) is 15.4. The van der Waals surface area contributed by atoms with Gasteiger partial charge in [-0.05, 0) is 93.1 Å². The Bertz CT molecular complexity index is 2640. The predicted molar refractivity (Wildman–Crippen MR) is 233 cm³/mol. The van der Waals surface area contributed by atoms with Crippen molar-refractivity contribution in [1.82, 2.24) is 15.0 Å². The van der Waals surface area contributed by atoms with Gasteiger partial charge in [-0.1, -0.05) is 176 Å². The summed E-state index contributed by atoms with van der Waals surface area (Å²) in [6, 6.07) is 61.1. The Labute approximate surface area is 325 Å². The third-order valence-corrected chi connectivity index (χ3v) is 12.9. The normalized spacial score (nSPS) is 12.4. The van der Waals surface area contributed by atoms with Crippen LogP contribution in [0.15, 0.2) is 170 Å². The quantitative estimate of drug-likeness (QED) is 0.146. The minimum absolute atomic E-state index is 0.689. The maximum absolute atomic E-state index is 5.18. The van der Waals surface area contributed by atoms with Gasteiger partial charge in [0, 0.05) is 16.7 Å². The zero-order chi connectivity index (χ0) is 37.4. The third-order valence-electron chi connectivity index (χ3n) is 10.9. The van der Waals surface area contributed by atoms with Crippen LogP contribution in [0.5, 0.6) is 0 Å². The molecule has 0 atom stereocenters. The molecule has 1 aliphatic carbocycles. The number of hydrogen-bond acceptors (Lipinski definition) is 3. The third kappa shape index (κ3) is 7.21. The molecule has 0 amide bonds. The zero-order valence-corrected chi connectivity index (χ0v) is 32.6. The molecular formula is C51H43N3Si. The SMILES string of the molecule is C[Si](C)(C)c1ccc(-c2nc(-c3cccc(-c4cccc(-c5cccc(-c6ccc(-c7ccccc7)cc6)c5)c4)c3)nc(-c3cccc4c3CCC4)n2)cc1. The van der Waals surface area contributed by atoms with Crippen LogP contribution in [0.2, 0.25) is 19.6 Å². The Morgan fingerprint density at radius 3 is 1.40 bits per heavy atom. The highest BCUT2D eigenvalue weighted by atomic mass is 28.3. The highest BCUT2D eigenvalue weighted by Gasteiger charge is 2.21. The molecule has 8 aromatic rings. The smallest absolute Gasteiger partial charge is 0.164 e. The lowest BCUT2D eigenvalue weighted by Crippen LogP contribution is -2.37. The first-order valence-corrected chi connectivity index (χ1v) is 22.8. The van der Waals surface area contributed by atoms with E-state index in [1.165, 1.54) is 56.1 Å². The van der Waals surface area contributed by atoms with Crippen molar-refractivity contribution in [3.63, 3.8) is 0 Å². The molecule has 0 bridgehead atoms. The molecule has 1 aliphatic rings. The minimum atomic E-state index is -1.45. The molecule has 266 valence electrons. The summed E-state index contributed by atoms with van der Waals surface area (Å²) >= 11 is 0. The fourth-order valence-corrected chi connectivity index (χ4v) is 8.95. The Morgan fingerprint density at radius 1 is 0.364 bits per heavy atom. The van der Waals surface area contributed by atoms with Crippen LogP contribution in [0.4, 0.5) is 0 Å². The van der Waals surface area contributed by atoms with Gasteiger partial charge in [-0.2, -0.15) is 0 Å². The Kier molecular flexibility index (Phi) is 9.13. The van der Waals surface area contributed by atoms with Gasteiger partial charge in [-0.15, -0.1) is 0 Å². The van der Waals surface area contributed by atoms with Crippen molar-refractivity contribution in [2.24, 2.45) is 0 Å². The second kappa shape index (κ2) is 14.5. The van der Waals surface area contributed by atoms with Crippen molar-refractivity contribution in [2.45, 2.75) is 38.9 Å². The molecular weight excluding hydrogens is 683 g/mol. The highest BCUT2D eigenvalue weighted by Crippen LogP contribution is 2.35. The van der Waals surface area contributed by atoms with E-state index in [2.05, 4.69) is 189 Å². The first-order valence-electron chi connectivity index (χ1n) is 19.3. The van der Waals surface area contributed by atoms with Gasteiger partial charge in [0.05, 0.1) is 8.07 Å². The maximum Gasteiger partial charge on any atom is 0.164 e. The molecule has 7 aromatic carbocycles. The molecule has 0 spiro atoms. The molecule has 0 radical (unpaired) electrons. The first-order chi connectivity index (χ1) is 26.9. The summed E-state index contributed by atoms with van der Waals surface area (Å²) in [6.07, 6.45) is 3.34. The van der Waals surface area contributed by atoms with Crippen molar-refractivity contribution < 1.29 is 0 Å². The van der Waals surface area contributed by atoms with Gasteiger partial charge in [-0.25, -0.2) is 15.0 Å². The van der Waals surface area contributed by atoms with Crippen LogP contribution in [-0.2, 0) is 12.8 Å². The zero-order valence-electron chi connectivity index (χ0n) is 31.6. The van der Waals surface area contributed by atoms with E-state index in [9.17, 15) is 0 Å². The lowest BCUT2D eigenvalue weighted by Gasteiger charge is -2.17. The second-order valence-electron chi connectivity index (χ2n) is 15.6. The molecule has 3 nitrogen and oxygen atoms in total. The number of rotatable bonds is 8. The predicted octanol–water partition coefficient (Wildman–Crippen LogP) is 12.6. The average molecular weight is 726 g/mol. The van der Waals surface area contributed by atoms with Gasteiger partial charge in [0.1, 0.15) is 0 Å². The van der Waals surface area contributed by atoms with Crippen molar-refractivity contribution in [3.05, 3.63) is 181 Å². The Morgan fingerprint density at radius 2 is 0.800 bits per heavy atom. The van der Waals surface area contributed by atoms with Crippen LogP contribution >= 0.6 is 0 Å². The van der Waals surface area contributed by atoms with Crippen LogP contribution in [0.1, 0.15) is 17.5 Å². The van der Waals surface area contributed by atoms with Crippen molar-refractivity contribution in [2.75, 3.05) is 0 Å². The van der Waals surface area contributed by atoms with Crippen LogP contribution in [0.3, 0.4) is 0 Å². The molecule has 0 N–H and O–H groups in total. The summed E-state index contributed by atoms with van der Waals surface area (Å²) in [6.45, 7) is 7.13. The standard InChI is InChI=1S/C51H43N3Si/c1-55(2,3)46-30-28-39(29-31-46)49-52-50(54-51(53-49)48-23-11-15-38-14-10-22-47(38)48)45-21-9-20-44(34-45)43-19-8-18-42(33-43)41-17-7-16-40(32-41)37-26-24-36(25-27-37)35-12-5-4-6-13-35/h4-9,11-13,15-21,23-34H,10,14,22H2,1-3H3. The number of fused-ring (bicyclic) bond motifs is 1. The van der Waals surface area contributed by atoms with Gasteiger partial charge < -0.3 is 0 Å². The van der Waals surface area contributed by atoms with Crippen molar-refractivity contribution in [1.29, 1.82) is 0 Å². The van der Waals surface area contributed by atoms with E-state index in [1.54, 1.807) is 0 Å². The van der Waals surface area contributed by atoms with Crippen molar-refractivity contribution >= 4 is 13.3 Å². The Hall–Kier alpha value is -6.23. The maximum atomic E-state index is 5.18. The van der Waals surface area contributed by atoms with Crippen molar-refractivity contribution in [3.8, 4) is 78.7 Å². The fraction of sp³-hybridized carbons (Fsp3) is 0.118. The van der Waals surface area contributed by atoms with E-state index < -0.39 is 8.07 Å². The summed E-state index contributed by atoms with van der Waals surface area (Å²) < 4.78 is 0. The van der Waals surface area contributed by atoms with Crippen LogP contribution in [0.25, 0.3) is 78.7 Å². The Balaban J connectivity index is 1.06. The summed E-state index contributed by atoms with van der Waals surface area (Å²) in [5.74, 6) is 2.14. The topological polar surface area (TPSA) is 38.7 Å². The van der Waals surface area contributed by atoms with Crippen LogP contribution in [-0.4, -0.2) is 23.0 Å². The van der Waals surface area contributed by atoms with Gasteiger partial charge >= 0.3 is 0 Å². The van der Waals surface area contributed by atoms with Gasteiger partial charge in [0.25, 0.3) is 0 Å². The molecule has 1 heterocycles. The first kappa shape index (κ1) is 34.5.